The summed E-state index contributed by atoms with van der Waals surface area (Å²) in [5.74, 6) is 1.48. The molecule has 0 bridgehead atoms. The van der Waals surface area contributed by atoms with E-state index >= 15 is 0 Å². The third-order valence-corrected chi connectivity index (χ3v) is 7.02. The maximum atomic E-state index is 12.7. The molecule has 6 nitrogen and oxygen atoms in total. The second-order valence-corrected chi connectivity index (χ2v) is 9.30. The van der Waals surface area contributed by atoms with Gasteiger partial charge < -0.3 is 14.8 Å². The Balaban J connectivity index is 1.21. The van der Waals surface area contributed by atoms with Gasteiger partial charge in [0.1, 0.15) is 0 Å². The number of nitrogens with zero attached hydrogens (tertiary/aromatic N) is 2. The number of anilines is 1. The molecule has 0 unspecified atom stereocenters. The van der Waals surface area contributed by atoms with Crippen LogP contribution in [0.15, 0.2) is 60.0 Å². The van der Waals surface area contributed by atoms with Crippen LogP contribution >= 0.6 is 11.3 Å². The number of aromatic nitrogens is 1. The van der Waals surface area contributed by atoms with E-state index < -0.39 is 0 Å². The van der Waals surface area contributed by atoms with Crippen LogP contribution < -0.4 is 14.8 Å². The lowest BCUT2D eigenvalue weighted by molar-refractivity contribution is -0.115. The van der Waals surface area contributed by atoms with Crippen molar-refractivity contribution in [2.75, 3.05) is 26.1 Å². The number of ether oxygens (including phenoxy) is 2. The zero-order chi connectivity index (χ0) is 23.5. The van der Waals surface area contributed by atoms with Gasteiger partial charge in [-0.25, -0.2) is 4.98 Å². The van der Waals surface area contributed by atoms with Crippen molar-refractivity contribution in [3.8, 4) is 11.5 Å². The first-order valence-electron chi connectivity index (χ1n) is 11.3. The van der Waals surface area contributed by atoms with Crippen molar-refractivity contribution >= 4 is 33.1 Å². The molecular formula is C27H27N3O3S. The maximum Gasteiger partial charge on any atom is 0.230 e. The number of thiazole rings is 1. The minimum Gasteiger partial charge on any atom is -0.493 e. The number of hydrogen-bond donors (Lipinski definition) is 1. The fourth-order valence-corrected chi connectivity index (χ4v) is 5.24. The van der Waals surface area contributed by atoms with Crippen molar-refractivity contribution in [3.05, 3.63) is 82.4 Å². The molecule has 2 heterocycles. The first kappa shape index (κ1) is 22.4. The monoisotopic (exact) mass is 473 g/mol. The van der Waals surface area contributed by atoms with Crippen LogP contribution in [0.4, 0.5) is 5.13 Å². The second kappa shape index (κ2) is 9.83. The zero-order valence-electron chi connectivity index (χ0n) is 19.3. The predicted molar refractivity (Wildman–Crippen MR) is 136 cm³/mol. The Morgan fingerprint density at radius 2 is 1.82 bits per heavy atom. The lowest BCUT2D eigenvalue weighted by atomic mass is 9.98. The summed E-state index contributed by atoms with van der Waals surface area (Å²) in [5, 5.41) is 7.90. The molecule has 4 aromatic rings. The standard InChI is InChI=1S/C27H27N3O3S/c1-32-24-12-19-10-11-30(15-21(19)13-25(24)33-2)16-22-17-34-27(28-22)29-26(31)14-20-8-5-7-18-6-3-4-9-23(18)20/h3-9,12-13,17H,10-11,14-16H2,1-2H3,(H,28,29,31). The summed E-state index contributed by atoms with van der Waals surface area (Å²) in [7, 11) is 3.33. The van der Waals surface area contributed by atoms with Gasteiger partial charge in [0.15, 0.2) is 16.6 Å². The molecular weight excluding hydrogens is 446 g/mol. The highest BCUT2D eigenvalue weighted by Gasteiger charge is 2.20. The van der Waals surface area contributed by atoms with Gasteiger partial charge in [0, 0.05) is 25.0 Å². The summed E-state index contributed by atoms with van der Waals surface area (Å²) in [5.41, 5.74) is 4.54. The van der Waals surface area contributed by atoms with Crippen molar-refractivity contribution in [1.82, 2.24) is 9.88 Å². The topological polar surface area (TPSA) is 63.7 Å². The van der Waals surface area contributed by atoms with Crippen LogP contribution in [0.25, 0.3) is 10.8 Å². The van der Waals surface area contributed by atoms with E-state index in [4.69, 9.17) is 9.47 Å². The van der Waals surface area contributed by atoms with Crippen molar-refractivity contribution in [2.45, 2.75) is 25.9 Å². The van der Waals surface area contributed by atoms with Crippen molar-refractivity contribution in [3.63, 3.8) is 0 Å². The van der Waals surface area contributed by atoms with Gasteiger partial charge in [-0.3, -0.25) is 9.69 Å². The lowest BCUT2D eigenvalue weighted by Gasteiger charge is -2.29. The molecule has 1 aromatic heterocycles. The molecule has 34 heavy (non-hydrogen) atoms. The van der Waals surface area contributed by atoms with Gasteiger partial charge in [-0.05, 0) is 46.0 Å². The predicted octanol–water partition coefficient (Wildman–Crippen LogP) is 5.05. The average molecular weight is 474 g/mol. The second-order valence-electron chi connectivity index (χ2n) is 8.44. The van der Waals surface area contributed by atoms with Crippen molar-refractivity contribution < 1.29 is 14.3 Å². The quantitative estimate of drug-likeness (QED) is 0.407. The Kier molecular flexibility index (Phi) is 6.47. The Labute approximate surface area is 203 Å². The highest BCUT2D eigenvalue weighted by Crippen LogP contribution is 2.33. The van der Waals surface area contributed by atoms with Crippen LogP contribution in [0.1, 0.15) is 22.4 Å². The molecule has 5 rings (SSSR count). The molecule has 0 fully saturated rings. The third kappa shape index (κ3) is 4.76. The molecule has 0 spiro atoms. The van der Waals surface area contributed by atoms with Crippen LogP contribution in [0.5, 0.6) is 11.5 Å². The minimum absolute atomic E-state index is 0.0507. The first-order chi connectivity index (χ1) is 16.6. The summed E-state index contributed by atoms with van der Waals surface area (Å²) in [4.78, 5) is 19.7. The van der Waals surface area contributed by atoms with Crippen molar-refractivity contribution in [1.29, 1.82) is 0 Å². The Bertz CT molecular complexity index is 1330. The van der Waals surface area contributed by atoms with Gasteiger partial charge in [-0.15, -0.1) is 11.3 Å². The molecule has 1 N–H and O–H groups in total. The smallest absolute Gasteiger partial charge is 0.230 e. The maximum absolute atomic E-state index is 12.7. The highest BCUT2D eigenvalue weighted by atomic mass is 32.1. The third-order valence-electron chi connectivity index (χ3n) is 6.21. The number of benzene rings is 3. The summed E-state index contributed by atoms with van der Waals surface area (Å²) in [6.45, 7) is 2.52. The molecule has 1 aliphatic heterocycles. The largest absolute Gasteiger partial charge is 0.493 e. The number of methoxy groups -OCH3 is 2. The summed E-state index contributed by atoms with van der Waals surface area (Å²) in [6.07, 6.45) is 1.28. The van der Waals surface area contributed by atoms with E-state index in [1.54, 1.807) is 14.2 Å². The normalized spacial score (nSPS) is 13.5. The number of carbonyl (C=O) groups is 1. The molecule has 0 saturated heterocycles. The van der Waals surface area contributed by atoms with Crippen LogP contribution in [0, 0.1) is 0 Å². The Morgan fingerprint density at radius 3 is 2.65 bits per heavy atom. The van der Waals surface area contributed by atoms with Gasteiger partial charge in [-0.2, -0.15) is 0 Å². The number of nitrogens with one attached hydrogen (secondary N) is 1. The summed E-state index contributed by atoms with van der Waals surface area (Å²) in [6, 6.07) is 18.4. The highest BCUT2D eigenvalue weighted by molar-refractivity contribution is 7.13. The molecule has 0 aliphatic carbocycles. The molecule has 174 valence electrons. The molecule has 1 aliphatic rings. The lowest BCUT2D eigenvalue weighted by Crippen LogP contribution is -2.30. The Hall–Kier alpha value is -3.42. The van der Waals surface area contributed by atoms with E-state index in [0.717, 1.165) is 59.6 Å². The van der Waals surface area contributed by atoms with E-state index in [9.17, 15) is 4.79 Å². The summed E-state index contributed by atoms with van der Waals surface area (Å²) < 4.78 is 10.9. The summed E-state index contributed by atoms with van der Waals surface area (Å²) >= 11 is 1.47. The molecule has 3 aromatic carbocycles. The van der Waals surface area contributed by atoms with Gasteiger partial charge in [-0.1, -0.05) is 42.5 Å². The zero-order valence-corrected chi connectivity index (χ0v) is 20.2. The van der Waals surface area contributed by atoms with Crippen LogP contribution in [0.2, 0.25) is 0 Å². The average Bonchev–Trinajstić information content (AvgIpc) is 3.29. The van der Waals surface area contributed by atoms with E-state index in [-0.39, 0.29) is 5.91 Å². The van der Waals surface area contributed by atoms with Crippen LogP contribution in [0.3, 0.4) is 0 Å². The molecule has 0 atom stereocenters. The van der Waals surface area contributed by atoms with E-state index in [1.807, 2.05) is 29.6 Å². The number of rotatable bonds is 7. The van der Waals surface area contributed by atoms with Crippen LogP contribution in [-0.2, 0) is 30.7 Å². The fourth-order valence-electron chi connectivity index (χ4n) is 4.53. The van der Waals surface area contributed by atoms with Crippen molar-refractivity contribution in [2.24, 2.45) is 0 Å². The van der Waals surface area contributed by atoms with E-state index in [2.05, 4.69) is 45.5 Å². The van der Waals surface area contributed by atoms with Gasteiger partial charge in [0.2, 0.25) is 5.91 Å². The first-order valence-corrected chi connectivity index (χ1v) is 12.2. The van der Waals surface area contributed by atoms with Gasteiger partial charge in [0.05, 0.1) is 26.3 Å². The van der Waals surface area contributed by atoms with Gasteiger partial charge in [0.25, 0.3) is 0 Å². The molecule has 0 saturated carbocycles. The Morgan fingerprint density at radius 1 is 1.06 bits per heavy atom. The fraction of sp³-hybridized carbons (Fsp3) is 0.259. The van der Waals surface area contributed by atoms with E-state index in [1.165, 1.54) is 22.5 Å². The number of carbonyl (C=O) groups excluding carboxylic acids is 1. The number of fused-ring (bicyclic) bond motifs is 2. The van der Waals surface area contributed by atoms with Gasteiger partial charge >= 0.3 is 0 Å². The van der Waals surface area contributed by atoms with E-state index in [0.29, 0.717) is 11.6 Å². The minimum atomic E-state index is -0.0507. The molecule has 1 amide bonds. The molecule has 0 radical (unpaired) electrons. The number of hydrogen-bond acceptors (Lipinski definition) is 6. The number of amides is 1. The SMILES string of the molecule is COc1cc2c(cc1OC)CN(Cc1csc(NC(=O)Cc3cccc4ccccc34)n1)CC2. The van der Waals surface area contributed by atoms with Crippen LogP contribution in [-0.4, -0.2) is 36.6 Å². The molecule has 7 heteroatoms.